The maximum Gasteiger partial charge on any atom is 0.323 e. The first-order chi connectivity index (χ1) is 11.1. The molecule has 4 N–H and O–H groups in total. The molecule has 2 amide bonds. The summed E-state index contributed by atoms with van der Waals surface area (Å²) in [4.78, 5) is 43.9. The van der Waals surface area contributed by atoms with E-state index >= 15 is 0 Å². The topological polar surface area (TPSA) is 115 Å². The fraction of sp³-hybridized carbons (Fsp3) is 0.267. The molecule has 2 heterocycles. The molecular weight excluding hydrogens is 298 g/mol. The van der Waals surface area contributed by atoms with Gasteiger partial charge in [0.25, 0.3) is 11.8 Å². The summed E-state index contributed by atoms with van der Waals surface area (Å²) in [7, 11) is 0. The van der Waals surface area contributed by atoms with E-state index in [9.17, 15) is 14.4 Å². The number of aromatic nitrogens is 2. The van der Waals surface area contributed by atoms with Crippen molar-refractivity contribution in [3.8, 4) is 0 Å². The number of piperazine rings is 1. The fourth-order valence-electron chi connectivity index (χ4n) is 2.59. The lowest BCUT2D eigenvalue weighted by Gasteiger charge is -2.34. The number of para-hydroxylation sites is 1. The van der Waals surface area contributed by atoms with Crippen LogP contribution in [0.5, 0.6) is 0 Å². The molecule has 23 heavy (non-hydrogen) atoms. The van der Waals surface area contributed by atoms with Crippen molar-refractivity contribution in [3.63, 3.8) is 0 Å². The van der Waals surface area contributed by atoms with Crippen LogP contribution in [0.1, 0.15) is 20.8 Å². The normalized spacial score (nSPS) is 14.8. The minimum Gasteiger partial charge on any atom is -0.398 e. The van der Waals surface area contributed by atoms with Crippen LogP contribution in [0.4, 0.5) is 5.69 Å². The Bertz CT molecular complexity index is 786. The van der Waals surface area contributed by atoms with Crippen molar-refractivity contribution in [2.24, 2.45) is 0 Å². The van der Waals surface area contributed by atoms with E-state index in [1.807, 2.05) is 0 Å². The second kappa shape index (κ2) is 5.99. The molecule has 1 fully saturated rings. The first-order valence-electron chi connectivity index (χ1n) is 7.27. The van der Waals surface area contributed by atoms with Crippen molar-refractivity contribution in [3.05, 3.63) is 52.2 Å². The minimum atomic E-state index is -0.415. The van der Waals surface area contributed by atoms with Crippen molar-refractivity contribution < 1.29 is 9.59 Å². The standard InChI is InChI=1S/C15H17N5O3/c16-11-4-2-1-3-10(11)13(21)19-5-7-20(8-6-19)14(22)12-9-17-15(23)18-12/h1-4,9H,5-8,16H2,(H2,17,18,23). The number of hydrogen-bond donors (Lipinski definition) is 3. The van der Waals surface area contributed by atoms with Gasteiger partial charge in [-0.25, -0.2) is 4.79 Å². The van der Waals surface area contributed by atoms with Crippen LogP contribution in [0.15, 0.2) is 35.3 Å². The Balaban J connectivity index is 1.64. The van der Waals surface area contributed by atoms with Crippen LogP contribution in [-0.4, -0.2) is 57.8 Å². The van der Waals surface area contributed by atoms with Crippen LogP contribution < -0.4 is 11.4 Å². The number of rotatable bonds is 2. The van der Waals surface area contributed by atoms with Crippen molar-refractivity contribution in [2.75, 3.05) is 31.9 Å². The van der Waals surface area contributed by atoms with Crippen LogP contribution in [0.2, 0.25) is 0 Å². The van der Waals surface area contributed by atoms with E-state index in [-0.39, 0.29) is 17.5 Å². The maximum absolute atomic E-state index is 12.5. The summed E-state index contributed by atoms with van der Waals surface area (Å²) in [5, 5.41) is 0. The molecule has 120 valence electrons. The molecule has 8 nitrogen and oxygen atoms in total. The van der Waals surface area contributed by atoms with Gasteiger partial charge < -0.3 is 25.5 Å². The molecule has 1 saturated heterocycles. The van der Waals surface area contributed by atoms with Gasteiger partial charge in [-0.05, 0) is 12.1 Å². The number of aromatic amines is 2. The number of nitrogens with zero attached hydrogens (tertiary/aromatic N) is 2. The molecule has 2 aromatic rings. The summed E-state index contributed by atoms with van der Waals surface area (Å²) in [5.41, 5.74) is 6.56. The molecule has 0 atom stereocenters. The summed E-state index contributed by atoms with van der Waals surface area (Å²) < 4.78 is 0. The van der Waals surface area contributed by atoms with Crippen molar-refractivity contribution in [1.29, 1.82) is 0 Å². The number of carbonyl (C=O) groups is 2. The quantitative estimate of drug-likeness (QED) is 0.670. The number of nitrogen functional groups attached to an aromatic ring is 1. The Kier molecular flexibility index (Phi) is 3.88. The molecule has 0 aliphatic carbocycles. The molecule has 0 saturated carbocycles. The zero-order chi connectivity index (χ0) is 16.4. The van der Waals surface area contributed by atoms with Crippen LogP contribution in [0.3, 0.4) is 0 Å². The zero-order valence-electron chi connectivity index (χ0n) is 12.4. The smallest absolute Gasteiger partial charge is 0.323 e. The van der Waals surface area contributed by atoms with E-state index in [1.165, 1.54) is 6.20 Å². The highest BCUT2D eigenvalue weighted by atomic mass is 16.2. The molecule has 1 aliphatic rings. The second-order valence-corrected chi connectivity index (χ2v) is 5.33. The van der Waals surface area contributed by atoms with E-state index in [1.54, 1.807) is 34.1 Å². The molecule has 1 aromatic heterocycles. The SMILES string of the molecule is Nc1ccccc1C(=O)N1CCN(C(=O)c2c[nH]c(=O)[nH]2)CC1. The summed E-state index contributed by atoms with van der Waals surface area (Å²) >= 11 is 0. The highest BCUT2D eigenvalue weighted by Crippen LogP contribution is 2.15. The van der Waals surface area contributed by atoms with Gasteiger partial charge in [0.2, 0.25) is 0 Å². The molecule has 1 aromatic carbocycles. The summed E-state index contributed by atoms with van der Waals surface area (Å²) in [6, 6.07) is 6.93. The zero-order valence-corrected chi connectivity index (χ0v) is 12.4. The third-order valence-electron chi connectivity index (χ3n) is 3.87. The van der Waals surface area contributed by atoms with Gasteiger partial charge in [-0.2, -0.15) is 0 Å². The van der Waals surface area contributed by atoms with Gasteiger partial charge in [-0.3, -0.25) is 9.59 Å². The van der Waals surface area contributed by atoms with Crippen molar-refractivity contribution >= 4 is 17.5 Å². The minimum absolute atomic E-state index is 0.134. The van der Waals surface area contributed by atoms with Gasteiger partial charge in [0.1, 0.15) is 5.69 Å². The van der Waals surface area contributed by atoms with Gasteiger partial charge >= 0.3 is 5.69 Å². The van der Waals surface area contributed by atoms with E-state index in [2.05, 4.69) is 9.97 Å². The number of hydrogen-bond acceptors (Lipinski definition) is 4. The van der Waals surface area contributed by atoms with Crippen LogP contribution in [0, 0.1) is 0 Å². The summed E-state index contributed by atoms with van der Waals surface area (Å²) in [6.07, 6.45) is 1.35. The fourth-order valence-corrected chi connectivity index (χ4v) is 2.59. The Morgan fingerprint density at radius 3 is 2.17 bits per heavy atom. The number of benzene rings is 1. The second-order valence-electron chi connectivity index (χ2n) is 5.33. The Morgan fingerprint density at radius 1 is 1.00 bits per heavy atom. The maximum atomic E-state index is 12.5. The van der Waals surface area contributed by atoms with Gasteiger partial charge in [0.05, 0.1) is 5.56 Å². The largest absolute Gasteiger partial charge is 0.398 e. The first-order valence-corrected chi connectivity index (χ1v) is 7.27. The molecule has 1 aliphatic heterocycles. The van der Waals surface area contributed by atoms with E-state index in [0.717, 1.165) is 0 Å². The molecule has 0 spiro atoms. The molecular formula is C15H17N5O3. The lowest BCUT2D eigenvalue weighted by Crippen LogP contribution is -2.50. The Labute approximate surface area is 131 Å². The van der Waals surface area contributed by atoms with Gasteiger partial charge in [0.15, 0.2) is 0 Å². The summed E-state index contributed by atoms with van der Waals surface area (Å²) in [6.45, 7) is 1.66. The Morgan fingerprint density at radius 2 is 1.61 bits per heavy atom. The lowest BCUT2D eigenvalue weighted by atomic mass is 10.1. The van der Waals surface area contributed by atoms with E-state index in [0.29, 0.717) is 37.4 Å². The van der Waals surface area contributed by atoms with Gasteiger partial charge in [-0.15, -0.1) is 0 Å². The van der Waals surface area contributed by atoms with Crippen LogP contribution >= 0.6 is 0 Å². The van der Waals surface area contributed by atoms with Crippen LogP contribution in [0.25, 0.3) is 0 Å². The number of H-pyrrole nitrogens is 2. The molecule has 0 bridgehead atoms. The molecule has 8 heteroatoms. The third-order valence-corrected chi connectivity index (χ3v) is 3.87. The van der Waals surface area contributed by atoms with Crippen molar-refractivity contribution in [1.82, 2.24) is 19.8 Å². The van der Waals surface area contributed by atoms with Gasteiger partial charge in [-0.1, -0.05) is 12.1 Å². The number of amides is 2. The number of nitrogens with one attached hydrogen (secondary N) is 2. The number of carbonyl (C=O) groups excluding carboxylic acids is 2. The number of anilines is 1. The predicted molar refractivity (Wildman–Crippen MR) is 84.1 cm³/mol. The molecule has 3 rings (SSSR count). The molecule has 0 radical (unpaired) electrons. The van der Waals surface area contributed by atoms with E-state index in [4.69, 9.17) is 5.73 Å². The number of nitrogens with two attached hydrogens (primary N) is 1. The predicted octanol–water partition coefficient (Wildman–Crippen LogP) is -0.117. The van der Waals surface area contributed by atoms with E-state index < -0.39 is 5.69 Å². The first kappa shape index (κ1) is 14.9. The monoisotopic (exact) mass is 315 g/mol. The highest BCUT2D eigenvalue weighted by Gasteiger charge is 2.26. The summed E-state index contributed by atoms with van der Waals surface area (Å²) in [5.74, 6) is -0.389. The average Bonchev–Trinajstić information content (AvgIpc) is 3.01. The Hall–Kier alpha value is -3.03. The van der Waals surface area contributed by atoms with Crippen molar-refractivity contribution in [2.45, 2.75) is 0 Å². The third kappa shape index (κ3) is 2.96. The van der Waals surface area contributed by atoms with Gasteiger partial charge in [0, 0.05) is 38.1 Å². The highest BCUT2D eigenvalue weighted by molar-refractivity contribution is 5.99. The molecule has 0 unspecified atom stereocenters. The average molecular weight is 315 g/mol. The van der Waals surface area contributed by atoms with Crippen LogP contribution in [-0.2, 0) is 0 Å². The lowest BCUT2D eigenvalue weighted by molar-refractivity contribution is 0.0533. The number of imidazole rings is 1.